The summed E-state index contributed by atoms with van der Waals surface area (Å²) < 4.78 is 51.6. The zero-order valence-electron chi connectivity index (χ0n) is 16.4. The Labute approximate surface area is 170 Å². The molecule has 0 saturated heterocycles. The maximum absolute atomic E-state index is 13.1. The van der Waals surface area contributed by atoms with E-state index in [1.165, 1.54) is 10.6 Å². The van der Waals surface area contributed by atoms with Crippen LogP contribution in [0.3, 0.4) is 0 Å². The molecule has 2 heterocycles. The van der Waals surface area contributed by atoms with Crippen molar-refractivity contribution >= 4 is 22.6 Å². The van der Waals surface area contributed by atoms with Crippen LogP contribution in [0.2, 0.25) is 0 Å². The first-order valence-electron chi connectivity index (χ1n) is 9.45. The summed E-state index contributed by atoms with van der Waals surface area (Å²) in [6.07, 6.45) is -2.07. The SMILES string of the molecule is CCOc1cc(/C=C2\CCn3c2nc2cc(C(F)(F)F)ccc2c3=O)ccc1OC. The van der Waals surface area contributed by atoms with Crippen molar-refractivity contribution in [2.24, 2.45) is 0 Å². The zero-order valence-corrected chi connectivity index (χ0v) is 16.4. The molecular weight excluding hydrogens is 397 g/mol. The average molecular weight is 416 g/mol. The fourth-order valence-electron chi connectivity index (χ4n) is 3.58. The summed E-state index contributed by atoms with van der Waals surface area (Å²) in [6.45, 7) is 2.77. The van der Waals surface area contributed by atoms with Crippen LogP contribution >= 0.6 is 0 Å². The number of nitrogens with zero attached hydrogens (tertiary/aromatic N) is 2. The summed E-state index contributed by atoms with van der Waals surface area (Å²) in [6, 6.07) is 8.48. The van der Waals surface area contributed by atoms with Crippen LogP contribution in [0.1, 0.15) is 30.3 Å². The lowest BCUT2D eigenvalue weighted by Crippen LogP contribution is -2.21. The molecule has 30 heavy (non-hydrogen) atoms. The quantitative estimate of drug-likeness (QED) is 0.615. The van der Waals surface area contributed by atoms with Crippen LogP contribution < -0.4 is 15.0 Å². The van der Waals surface area contributed by atoms with Crippen LogP contribution in [0, 0.1) is 0 Å². The lowest BCUT2D eigenvalue weighted by atomic mass is 10.1. The topological polar surface area (TPSA) is 53.4 Å². The number of alkyl halides is 3. The summed E-state index contributed by atoms with van der Waals surface area (Å²) in [5, 5.41) is 0.177. The van der Waals surface area contributed by atoms with E-state index in [1.54, 1.807) is 13.2 Å². The van der Waals surface area contributed by atoms with E-state index >= 15 is 0 Å². The van der Waals surface area contributed by atoms with Crippen LogP contribution in [0.25, 0.3) is 22.6 Å². The highest BCUT2D eigenvalue weighted by atomic mass is 19.4. The minimum atomic E-state index is -4.50. The van der Waals surface area contributed by atoms with Crippen molar-refractivity contribution in [2.45, 2.75) is 26.1 Å². The number of ether oxygens (including phenoxy) is 2. The van der Waals surface area contributed by atoms with E-state index in [2.05, 4.69) is 4.98 Å². The minimum Gasteiger partial charge on any atom is -0.493 e. The Morgan fingerprint density at radius 2 is 1.97 bits per heavy atom. The van der Waals surface area contributed by atoms with Crippen LogP contribution in [0.4, 0.5) is 13.2 Å². The average Bonchev–Trinajstić information content (AvgIpc) is 3.10. The maximum Gasteiger partial charge on any atom is 0.416 e. The van der Waals surface area contributed by atoms with Gasteiger partial charge in [-0.3, -0.25) is 9.36 Å². The van der Waals surface area contributed by atoms with Crippen molar-refractivity contribution in [3.05, 3.63) is 63.7 Å². The van der Waals surface area contributed by atoms with E-state index in [-0.39, 0.29) is 16.5 Å². The maximum atomic E-state index is 13.1. The first-order chi connectivity index (χ1) is 14.3. The standard InChI is InChI=1S/C22H19F3N2O3/c1-3-30-19-11-13(4-7-18(19)29-2)10-14-8-9-27-20(14)26-17-12-15(22(23,24)25)5-6-16(17)21(27)28/h4-7,10-12H,3,8-9H2,1-2H3/b14-10+. The Balaban J connectivity index is 1.81. The molecule has 156 valence electrons. The first-order valence-corrected chi connectivity index (χ1v) is 9.45. The van der Waals surface area contributed by atoms with E-state index in [9.17, 15) is 18.0 Å². The monoisotopic (exact) mass is 416 g/mol. The van der Waals surface area contributed by atoms with Gasteiger partial charge < -0.3 is 9.47 Å². The number of methoxy groups -OCH3 is 1. The molecule has 4 rings (SSSR count). The van der Waals surface area contributed by atoms with E-state index in [4.69, 9.17) is 9.47 Å². The van der Waals surface area contributed by atoms with Gasteiger partial charge in [-0.1, -0.05) is 6.07 Å². The second-order valence-electron chi connectivity index (χ2n) is 6.88. The summed E-state index contributed by atoms with van der Waals surface area (Å²) in [4.78, 5) is 17.2. The Morgan fingerprint density at radius 3 is 2.67 bits per heavy atom. The number of halogens is 3. The van der Waals surface area contributed by atoms with E-state index < -0.39 is 11.7 Å². The predicted octanol–water partition coefficient (Wildman–Crippen LogP) is 4.77. The molecule has 0 spiro atoms. The third kappa shape index (κ3) is 3.53. The molecule has 2 aromatic carbocycles. The van der Waals surface area contributed by atoms with Gasteiger partial charge in [-0.25, -0.2) is 4.98 Å². The van der Waals surface area contributed by atoms with Gasteiger partial charge in [0.1, 0.15) is 5.82 Å². The van der Waals surface area contributed by atoms with Gasteiger partial charge in [0, 0.05) is 6.54 Å². The largest absolute Gasteiger partial charge is 0.493 e. The van der Waals surface area contributed by atoms with Gasteiger partial charge in [-0.05, 0) is 60.9 Å². The lowest BCUT2D eigenvalue weighted by Gasteiger charge is -2.11. The van der Waals surface area contributed by atoms with Crippen LogP contribution in [-0.2, 0) is 12.7 Å². The van der Waals surface area contributed by atoms with Crippen LogP contribution in [0.15, 0.2) is 41.2 Å². The normalized spacial score (nSPS) is 14.9. The van der Waals surface area contributed by atoms with E-state index in [1.807, 2.05) is 25.1 Å². The zero-order chi connectivity index (χ0) is 21.5. The molecule has 0 fully saturated rings. The number of allylic oxidation sites excluding steroid dienone is 1. The number of fused-ring (bicyclic) bond motifs is 2. The Morgan fingerprint density at radius 1 is 1.17 bits per heavy atom. The van der Waals surface area contributed by atoms with Crippen molar-refractivity contribution in [1.82, 2.24) is 9.55 Å². The van der Waals surface area contributed by atoms with Crippen molar-refractivity contribution in [3.8, 4) is 11.5 Å². The summed E-state index contributed by atoms with van der Waals surface area (Å²) in [5.41, 5.74) is 0.475. The number of rotatable bonds is 4. The highest BCUT2D eigenvalue weighted by Gasteiger charge is 2.31. The molecule has 1 aliphatic rings. The molecule has 0 saturated carbocycles. The highest BCUT2D eigenvalue weighted by Crippen LogP contribution is 2.34. The molecule has 0 N–H and O–H groups in total. The smallest absolute Gasteiger partial charge is 0.416 e. The van der Waals surface area contributed by atoms with Gasteiger partial charge >= 0.3 is 6.18 Å². The molecule has 0 amide bonds. The second kappa shape index (κ2) is 7.51. The fraction of sp³-hybridized carbons (Fsp3) is 0.273. The predicted molar refractivity (Wildman–Crippen MR) is 108 cm³/mol. The fourth-order valence-corrected chi connectivity index (χ4v) is 3.58. The Hall–Kier alpha value is -3.29. The summed E-state index contributed by atoms with van der Waals surface area (Å²) in [5.74, 6) is 1.58. The first kappa shape index (κ1) is 20.0. The van der Waals surface area contributed by atoms with E-state index in [0.717, 1.165) is 23.3 Å². The minimum absolute atomic E-state index is 0.0404. The third-order valence-electron chi connectivity index (χ3n) is 5.00. The number of hydrogen-bond acceptors (Lipinski definition) is 4. The molecule has 3 aromatic rings. The third-order valence-corrected chi connectivity index (χ3v) is 5.00. The van der Waals surface area contributed by atoms with Crippen molar-refractivity contribution in [3.63, 3.8) is 0 Å². The van der Waals surface area contributed by atoms with Crippen molar-refractivity contribution in [1.29, 1.82) is 0 Å². The lowest BCUT2D eigenvalue weighted by molar-refractivity contribution is -0.137. The van der Waals surface area contributed by atoms with Crippen molar-refractivity contribution in [2.75, 3.05) is 13.7 Å². The molecule has 1 aliphatic heterocycles. The summed E-state index contributed by atoms with van der Waals surface area (Å²) in [7, 11) is 1.56. The van der Waals surface area contributed by atoms with Gasteiger partial charge in [0.15, 0.2) is 11.5 Å². The highest BCUT2D eigenvalue weighted by molar-refractivity contribution is 5.85. The summed E-state index contributed by atoms with van der Waals surface area (Å²) >= 11 is 0. The van der Waals surface area contributed by atoms with Gasteiger partial charge in [-0.15, -0.1) is 0 Å². The van der Waals surface area contributed by atoms with Crippen LogP contribution in [0.5, 0.6) is 11.5 Å². The molecule has 0 unspecified atom stereocenters. The number of hydrogen-bond donors (Lipinski definition) is 0. The molecule has 1 aromatic heterocycles. The van der Waals surface area contributed by atoms with Gasteiger partial charge in [0.05, 0.1) is 30.2 Å². The molecule has 8 heteroatoms. The Kier molecular flexibility index (Phi) is 5.01. The van der Waals surface area contributed by atoms with Gasteiger partial charge in [0.25, 0.3) is 5.56 Å². The second-order valence-corrected chi connectivity index (χ2v) is 6.88. The molecular formula is C22H19F3N2O3. The molecule has 5 nitrogen and oxygen atoms in total. The molecule has 0 aliphatic carbocycles. The molecule has 0 atom stereocenters. The molecule has 0 bridgehead atoms. The van der Waals surface area contributed by atoms with Crippen LogP contribution in [-0.4, -0.2) is 23.3 Å². The van der Waals surface area contributed by atoms with Gasteiger partial charge in [0.2, 0.25) is 0 Å². The number of benzene rings is 2. The van der Waals surface area contributed by atoms with Gasteiger partial charge in [-0.2, -0.15) is 13.2 Å². The molecule has 0 radical (unpaired) electrons. The number of aromatic nitrogens is 2. The van der Waals surface area contributed by atoms with Crippen molar-refractivity contribution < 1.29 is 22.6 Å². The van der Waals surface area contributed by atoms with E-state index in [0.29, 0.717) is 36.9 Å². The Bertz CT molecular complexity index is 1210.